The van der Waals surface area contributed by atoms with Crippen molar-refractivity contribution in [2.75, 3.05) is 5.32 Å². The Morgan fingerprint density at radius 2 is 1.74 bits per heavy atom. The van der Waals surface area contributed by atoms with E-state index < -0.39 is 0 Å². The molecule has 2 N–H and O–H groups in total. The van der Waals surface area contributed by atoms with Gasteiger partial charge >= 0.3 is 0 Å². The molecule has 2 aromatic carbocycles. The first-order valence-corrected chi connectivity index (χ1v) is 7.85. The van der Waals surface area contributed by atoms with Crippen LogP contribution in [0.3, 0.4) is 0 Å². The van der Waals surface area contributed by atoms with Crippen LogP contribution < -0.4 is 10.6 Å². The van der Waals surface area contributed by atoms with E-state index in [4.69, 9.17) is 11.6 Å². The third kappa shape index (κ3) is 4.83. The lowest BCUT2D eigenvalue weighted by Gasteiger charge is -2.12. The van der Waals surface area contributed by atoms with Gasteiger partial charge < -0.3 is 10.6 Å². The molecule has 0 heterocycles. The second-order valence-electron chi connectivity index (χ2n) is 5.32. The maximum absolute atomic E-state index is 12.1. The summed E-state index contributed by atoms with van der Waals surface area (Å²) in [7, 11) is 0. The smallest absolute Gasteiger partial charge is 0.255 e. The van der Waals surface area contributed by atoms with Gasteiger partial charge in [0.2, 0.25) is 0 Å². The number of anilines is 1. The Hall–Kier alpha value is -2.33. The average molecular weight is 331 g/mol. The summed E-state index contributed by atoms with van der Waals surface area (Å²) in [5.41, 5.74) is 1.66. The Balaban J connectivity index is 2.02. The molecule has 0 radical (unpaired) electrons. The molecule has 1 atom stereocenters. The van der Waals surface area contributed by atoms with Crippen LogP contribution in [0.2, 0.25) is 5.02 Å². The molecular formula is C18H19ClN2O2. The number of amides is 2. The van der Waals surface area contributed by atoms with Crippen LogP contribution in [0.5, 0.6) is 0 Å². The number of carbonyl (C=O) groups excluding carboxylic acids is 2. The number of nitrogens with one attached hydrogen (secondary N) is 2. The minimum atomic E-state index is -0.246. The first-order valence-electron chi connectivity index (χ1n) is 7.47. The van der Waals surface area contributed by atoms with Crippen molar-refractivity contribution in [1.82, 2.24) is 5.32 Å². The zero-order chi connectivity index (χ0) is 16.8. The fourth-order valence-corrected chi connectivity index (χ4v) is 2.14. The topological polar surface area (TPSA) is 58.2 Å². The number of halogens is 1. The van der Waals surface area contributed by atoms with E-state index in [2.05, 4.69) is 10.6 Å². The minimum absolute atomic E-state index is 0.118. The summed E-state index contributed by atoms with van der Waals surface area (Å²) in [6.07, 6.45) is 0.875. The molecule has 0 aliphatic carbocycles. The third-order valence-electron chi connectivity index (χ3n) is 3.48. The van der Waals surface area contributed by atoms with Gasteiger partial charge in [-0.2, -0.15) is 0 Å². The molecule has 4 nitrogen and oxygen atoms in total. The largest absolute Gasteiger partial charge is 0.350 e. The summed E-state index contributed by atoms with van der Waals surface area (Å²) < 4.78 is 0. The SMILES string of the molecule is CCC(C)NC(=O)c1ccc(NC(=O)c2cccc(Cl)c2)cc1. The van der Waals surface area contributed by atoms with Crippen LogP contribution in [0.1, 0.15) is 41.0 Å². The predicted molar refractivity (Wildman–Crippen MR) is 93.1 cm³/mol. The molecule has 2 rings (SSSR count). The Morgan fingerprint density at radius 1 is 1.04 bits per heavy atom. The molecule has 23 heavy (non-hydrogen) atoms. The molecule has 0 aromatic heterocycles. The zero-order valence-electron chi connectivity index (χ0n) is 13.1. The Kier molecular flexibility index (Phi) is 5.77. The Bertz CT molecular complexity index is 698. The monoisotopic (exact) mass is 330 g/mol. The van der Waals surface area contributed by atoms with E-state index in [0.717, 1.165) is 6.42 Å². The second-order valence-corrected chi connectivity index (χ2v) is 5.76. The quantitative estimate of drug-likeness (QED) is 0.866. The van der Waals surface area contributed by atoms with E-state index in [0.29, 0.717) is 21.8 Å². The molecule has 0 bridgehead atoms. The maximum atomic E-state index is 12.1. The zero-order valence-corrected chi connectivity index (χ0v) is 13.9. The van der Waals surface area contributed by atoms with Crippen LogP contribution in [0.15, 0.2) is 48.5 Å². The normalized spacial score (nSPS) is 11.6. The summed E-state index contributed by atoms with van der Waals surface area (Å²) in [6, 6.07) is 13.6. The first kappa shape index (κ1) is 17.0. The summed E-state index contributed by atoms with van der Waals surface area (Å²) >= 11 is 5.88. The highest BCUT2D eigenvalue weighted by molar-refractivity contribution is 6.31. The van der Waals surface area contributed by atoms with Crippen molar-refractivity contribution >= 4 is 29.1 Å². The van der Waals surface area contributed by atoms with Crippen molar-refractivity contribution < 1.29 is 9.59 Å². The van der Waals surface area contributed by atoms with Gasteiger partial charge in [-0.25, -0.2) is 0 Å². The highest BCUT2D eigenvalue weighted by atomic mass is 35.5. The fraction of sp³-hybridized carbons (Fsp3) is 0.222. The van der Waals surface area contributed by atoms with Gasteiger partial charge in [-0.05, 0) is 55.8 Å². The van der Waals surface area contributed by atoms with E-state index in [1.807, 2.05) is 13.8 Å². The third-order valence-corrected chi connectivity index (χ3v) is 3.72. The van der Waals surface area contributed by atoms with E-state index in [-0.39, 0.29) is 17.9 Å². The van der Waals surface area contributed by atoms with Gasteiger partial charge in [-0.15, -0.1) is 0 Å². The number of rotatable bonds is 5. The van der Waals surface area contributed by atoms with Crippen LogP contribution in [-0.2, 0) is 0 Å². The molecule has 0 spiro atoms. The summed E-state index contributed by atoms with van der Waals surface area (Å²) in [5.74, 6) is -0.364. The molecule has 1 unspecified atom stereocenters. The lowest BCUT2D eigenvalue weighted by Crippen LogP contribution is -2.31. The molecular weight excluding hydrogens is 312 g/mol. The molecule has 0 saturated carbocycles. The van der Waals surface area contributed by atoms with Crippen LogP contribution in [-0.4, -0.2) is 17.9 Å². The maximum Gasteiger partial charge on any atom is 0.255 e. The lowest BCUT2D eigenvalue weighted by atomic mass is 10.1. The van der Waals surface area contributed by atoms with Gasteiger partial charge in [0.15, 0.2) is 0 Å². The van der Waals surface area contributed by atoms with Gasteiger partial charge in [0, 0.05) is 27.9 Å². The summed E-state index contributed by atoms with van der Waals surface area (Å²) in [6.45, 7) is 3.97. The van der Waals surface area contributed by atoms with Gasteiger partial charge in [0.05, 0.1) is 0 Å². The highest BCUT2D eigenvalue weighted by Crippen LogP contribution is 2.14. The van der Waals surface area contributed by atoms with Crippen molar-refractivity contribution in [2.45, 2.75) is 26.3 Å². The number of hydrogen-bond donors (Lipinski definition) is 2. The van der Waals surface area contributed by atoms with Crippen LogP contribution in [0.4, 0.5) is 5.69 Å². The van der Waals surface area contributed by atoms with E-state index in [9.17, 15) is 9.59 Å². The molecule has 0 saturated heterocycles. The van der Waals surface area contributed by atoms with E-state index in [1.165, 1.54) is 0 Å². The lowest BCUT2D eigenvalue weighted by molar-refractivity contribution is 0.0938. The average Bonchev–Trinajstić information content (AvgIpc) is 2.55. The van der Waals surface area contributed by atoms with Crippen molar-refractivity contribution in [3.05, 3.63) is 64.7 Å². The molecule has 0 aliphatic rings. The summed E-state index contributed by atoms with van der Waals surface area (Å²) in [4.78, 5) is 24.1. The van der Waals surface area contributed by atoms with Gasteiger partial charge in [0.25, 0.3) is 11.8 Å². The predicted octanol–water partition coefficient (Wildman–Crippen LogP) is 4.12. The fourth-order valence-electron chi connectivity index (χ4n) is 1.95. The second kappa shape index (κ2) is 7.79. The first-order chi connectivity index (χ1) is 11.0. The van der Waals surface area contributed by atoms with Crippen molar-refractivity contribution in [3.8, 4) is 0 Å². The minimum Gasteiger partial charge on any atom is -0.350 e. The van der Waals surface area contributed by atoms with Crippen LogP contribution in [0.25, 0.3) is 0 Å². The molecule has 0 fully saturated rings. The molecule has 120 valence electrons. The van der Waals surface area contributed by atoms with Crippen molar-refractivity contribution in [1.29, 1.82) is 0 Å². The molecule has 2 aromatic rings. The van der Waals surface area contributed by atoms with Crippen molar-refractivity contribution in [2.24, 2.45) is 0 Å². The van der Waals surface area contributed by atoms with Crippen LogP contribution >= 0.6 is 11.6 Å². The van der Waals surface area contributed by atoms with Gasteiger partial charge in [0.1, 0.15) is 0 Å². The Morgan fingerprint density at radius 3 is 2.35 bits per heavy atom. The molecule has 0 aliphatic heterocycles. The Labute approximate surface area is 140 Å². The van der Waals surface area contributed by atoms with E-state index >= 15 is 0 Å². The van der Waals surface area contributed by atoms with E-state index in [1.54, 1.807) is 48.5 Å². The standard InChI is InChI=1S/C18H19ClN2O2/c1-3-12(2)20-17(22)13-7-9-16(10-8-13)21-18(23)14-5-4-6-15(19)11-14/h4-12H,3H2,1-2H3,(H,20,22)(H,21,23). The highest BCUT2D eigenvalue weighted by Gasteiger charge is 2.10. The molecule has 2 amide bonds. The number of benzene rings is 2. The molecule has 5 heteroatoms. The number of carbonyl (C=O) groups is 2. The number of hydrogen-bond acceptors (Lipinski definition) is 2. The van der Waals surface area contributed by atoms with Gasteiger partial charge in [-0.1, -0.05) is 24.6 Å². The summed E-state index contributed by atoms with van der Waals surface area (Å²) in [5, 5.41) is 6.18. The van der Waals surface area contributed by atoms with Crippen LogP contribution in [0, 0.1) is 0 Å². The van der Waals surface area contributed by atoms with Gasteiger partial charge in [-0.3, -0.25) is 9.59 Å². The van der Waals surface area contributed by atoms with Crippen molar-refractivity contribution in [3.63, 3.8) is 0 Å².